The van der Waals surface area contributed by atoms with Crippen molar-refractivity contribution < 1.29 is 4.74 Å². The Bertz CT molecular complexity index is 442. The van der Waals surface area contributed by atoms with Gasteiger partial charge >= 0.3 is 0 Å². The van der Waals surface area contributed by atoms with Crippen LogP contribution in [0.2, 0.25) is 10.0 Å². The molecule has 1 aliphatic rings. The van der Waals surface area contributed by atoms with Gasteiger partial charge in [-0.25, -0.2) is 0 Å². The summed E-state index contributed by atoms with van der Waals surface area (Å²) in [5.74, 6) is 0. The van der Waals surface area contributed by atoms with E-state index in [9.17, 15) is 0 Å². The Kier molecular flexibility index (Phi) is 4.22. The van der Waals surface area contributed by atoms with E-state index in [-0.39, 0.29) is 11.5 Å². The Morgan fingerprint density at radius 3 is 2.50 bits per heavy atom. The van der Waals surface area contributed by atoms with Gasteiger partial charge in [-0.2, -0.15) is 0 Å². The first-order valence-electron chi connectivity index (χ1n) is 6.23. The van der Waals surface area contributed by atoms with Gasteiger partial charge < -0.3 is 10.5 Å². The molecule has 100 valence electrons. The van der Waals surface area contributed by atoms with Crippen molar-refractivity contribution in [1.29, 1.82) is 0 Å². The Balaban J connectivity index is 2.39. The summed E-state index contributed by atoms with van der Waals surface area (Å²) in [6.45, 7) is 5.76. The van der Waals surface area contributed by atoms with Crippen LogP contribution in [-0.2, 0) is 4.74 Å². The molecule has 2 N–H and O–H groups in total. The lowest BCUT2D eigenvalue weighted by atomic mass is 9.72. The van der Waals surface area contributed by atoms with Gasteiger partial charge in [0.25, 0.3) is 0 Å². The SMILES string of the molecule is Cc1ccc(Cl)c(Cl)c1[C@@H](N)C1(C)CCOCC1. The van der Waals surface area contributed by atoms with Crippen LogP contribution in [0, 0.1) is 12.3 Å². The Morgan fingerprint density at radius 2 is 1.89 bits per heavy atom. The standard InChI is InChI=1S/C14H19Cl2NO/c1-9-3-4-10(15)12(16)11(9)13(17)14(2)5-7-18-8-6-14/h3-4,13H,5-8,17H2,1-2H3/t13-/m1/s1. The molecule has 18 heavy (non-hydrogen) atoms. The number of hydrogen-bond acceptors (Lipinski definition) is 2. The van der Waals surface area contributed by atoms with Gasteiger partial charge in [-0.1, -0.05) is 36.2 Å². The third kappa shape index (κ3) is 2.53. The molecule has 0 bridgehead atoms. The molecule has 0 spiro atoms. The molecule has 0 saturated carbocycles. The highest BCUT2D eigenvalue weighted by molar-refractivity contribution is 6.42. The van der Waals surface area contributed by atoms with Crippen LogP contribution in [0.3, 0.4) is 0 Å². The number of hydrogen-bond donors (Lipinski definition) is 1. The van der Waals surface area contributed by atoms with E-state index in [1.54, 1.807) is 0 Å². The second-order valence-corrected chi connectivity index (χ2v) is 6.12. The predicted octanol–water partition coefficient (Wildman–Crippen LogP) is 4.12. The molecule has 1 heterocycles. The molecule has 0 aliphatic carbocycles. The first-order valence-corrected chi connectivity index (χ1v) is 6.99. The van der Waals surface area contributed by atoms with Crippen LogP contribution in [0.5, 0.6) is 0 Å². The van der Waals surface area contributed by atoms with Gasteiger partial charge in [0.15, 0.2) is 0 Å². The molecule has 2 rings (SSSR count). The van der Waals surface area contributed by atoms with Crippen LogP contribution in [0.4, 0.5) is 0 Å². The molecule has 0 amide bonds. The number of halogens is 2. The molecule has 1 aromatic carbocycles. The Labute approximate surface area is 118 Å². The number of rotatable bonds is 2. The van der Waals surface area contributed by atoms with E-state index in [1.807, 2.05) is 19.1 Å². The van der Waals surface area contributed by atoms with Crippen LogP contribution in [-0.4, -0.2) is 13.2 Å². The summed E-state index contributed by atoms with van der Waals surface area (Å²) < 4.78 is 5.42. The smallest absolute Gasteiger partial charge is 0.0642 e. The lowest BCUT2D eigenvalue weighted by molar-refractivity contribution is 0.0105. The summed E-state index contributed by atoms with van der Waals surface area (Å²) in [6.07, 6.45) is 1.91. The van der Waals surface area contributed by atoms with E-state index in [1.165, 1.54) is 0 Å². The van der Waals surface area contributed by atoms with Gasteiger partial charge in [-0.15, -0.1) is 0 Å². The highest BCUT2D eigenvalue weighted by Gasteiger charge is 2.36. The fourth-order valence-electron chi connectivity index (χ4n) is 2.54. The number of aryl methyl sites for hydroxylation is 1. The summed E-state index contributed by atoms with van der Waals surface area (Å²) in [7, 11) is 0. The zero-order valence-electron chi connectivity index (χ0n) is 10.8. The summed E-state index contributed by atoms with van der Waals surface area (Å²) in [5, 5.41) is 1.17. The second kappa shape index (κ2) is 5.38. The minimum atomic E-state index is -0.104. The van der Waals surface area contributed by atoms with Crippen LogP contribution in [0.1, 0.15) is 36.9 Å². The fourth-order valence-corrected chi connectivity index (χ4v) is 3.04. The zero-order chi connectivity index (χ0) is 13.3. The average molecular weight is 288 g/mol. The topological polar surface area (TPSA) is 35.2 Å². The maximum absolute atomic E-state index is 6.48. The molecule has 4 heteroatoms. The largest absolute Gasteiger partial charge is 0.381 e. The highest BCUT2D eigenvalue weighted by Crippen LogP contribution is 2.44. The minimum absolute atomic E-state index is 0.0251. The van der Waals surface area contributed by atoms with Gasteiger partial charge in [0.1, 0.15) is 0 Å². The van der Waals surface area contributed by atoms with Crippen molar-refractivity contribution in [2.45, 2.75) is 32.7 Å². The van der Waals surface area contributed by atoms with Gasteiger partial charge in [-0.3, -0.25) is 0 Å². The van der Waals surface area contributed by atoms with Gasteiger partial charge in [0, 0.05) is 19.3 Å². The van der Waals surface area contributed by atoms with Crippen LogP contribution < -0.4 is 5.73 Å². The summed E-state index contributed by atoms with van der Waals surface area (Å²) in [5.41, 5.74) is 8.58. The van der Waals surface area contributed by atoms with Crippen molar-refractivity contribution in [2.75, 3.05) is 13.2 Å². The van der Waals surface area contributed by atoms with E-state index in [0.717, 1.165) is 37.2 Å². The van der Waals surface area contributed by atoms with E-state index >= 15 is 0 Å². The lowest BCUT2D eigenvalue weighted by Crippen LogP contribution is -2.37. The molecule has 1 atom stereocenters. The van der Waals surface area contributed by atoms with Crippen molar-refractivity contribution in [3.05, 3.63) is 33.3 Å². The van der Waals surface area contributed by atoms with Crippen LogP contribution in [0.15, 0.2) is 12.1 Å². The maximum Gasteiger partial charge on any atom is 0.0642 e. The molecule has 0 unspecified atom stereocenters. The number of nitrogens with two attached hydrogens (primary N) is 1. The van der Waals surface area contributed by atoms with Crippen LogP contribution in [0.25, 0.3) is 0 Å². The molecule has 0 aromatic heterocycles. The first kappa shape index (κ1) is 14.1. The summed E-state index contributed by atoms with van der Waals surface area (Å²) in [4.78, 5) is 0. The van der Waals surface area contributed by atoms with Crippen molar-refractivity contribution in [3.63, 3.8) is 0 Å². The van der Waals surface area contributed by atoms with Crippen molar-refractivity contribution in [3.8, 4) is 0 Å². The molecular weight excluding hydrogens is 269 g/mol. The van der Waals surface area contributed by atoms with E-state index in [4.69, 9.17) is 33.7 Å². The Hall–Kier alpha value is -0.280. The summed E-state index contributed by atoms with van der Waals surface area (Å²) in [6, 6.07) is 3.70. The minimum Gasteiger partial charge on any atom is -0.381 e. The zero-order valence-corrected chi connectivity index (χ0v) is 12.3. The third-order valence-electron chi connectivity index (χ3n) is 4.05. The molecule has 1 saturated heterocycles. The van der Waals surface area contributed by atoms with E-state index in [0.29, 0.717) is 10.0 Å². The molecule has 1 aromatic rings. The van der Waals surface area contributed by atoms with Crippen molar-refractivity contribution >= 4 is 23.2 Å². The fraction of sp³-hybridized carbons (Fsp3) is 0.571. The maximum atomic E-state index is 6.48. The van der Waals surface area contributed by atoms with Gasteiger partial charge in [-0.05, 0) is 42.4 Å². The molecular formula is C14H19Cl2NO. The molecule has 2 nitrogen and oxygen atoms in total. The lowest BCUT2D eigenvalue weighted by Gasteiger charge is -2.39. The first-order chi connectivity index (χ1) is 8.46. The van der Waals surface area contributed by atoms with Gasteiger partial charge in [0.2, 0.25) is 0 Å². The number of benzene rings is 1. The average Bonchev–Trinajstić information content (AvgIpc) is 2.35. The Morgan fingerprint density at radius 1 is 1.28 bits per heavy atom. The summed E-state index contributed by atoms with van der Waals surface area (Å²) >= 11 is 12.4. The second-order valence-electron chi connectivity index (χ2n) is 5.34. The molecule has 1 aliphatic heterocycles. The molecule has 1 fully saturated rings. The molecule has 0 radical (unpaired) electrons. The third-order valence-corrected chi connectivity index (χ3v) is 4.87. The highest BCUT2D eigenvalue weighted by atomic mass is 35.5. The van der Waals surface area contributed by atoms with Crippen LogP contribution >= 0.6 is 23.2 Å². The normalized spacial score (nSPS) is 20.7. The van der Waals surface area contributed by atoms with Crippen molar-refractivity contribution in [2.24, 2.45) is 11.1 Å². The van der Waals surface area contributed by atoms with Gasteiger partial charge in [0.05, 0.1) is 10.0 Å². The predicted molar refractivity (Wildman–Crippen MR) is 76.3 cm³/mol. The quantitative estimate of drug-likeness (QED) is 0.888. The monoisotopic (exact) mass is 287 g/mol. The van der Waals surface area contributed by atoms with E-state index < -0.39 is 0 Å². The number of ether oxygens (including phenoxy) is 1. The van der Waals surface area contributed by atoms with E-state index in [2.05, 4.69) is 6.92 Å². The van der Waals surface area contributed by atoms with Crippen molar-refractivity contribution in [1.82, 2.24) is 0 Å².